The van der Waals surface area contributed by atoms with Crippen molar-refractivity contribution in [1.82, 2.24) is 5.32 Å². The lowest BCUT2D eigenvalue weighted by Gasteiger charge is -2.43. The van der Waals surface area contributed by atoms with Crippen LogP contribution in [0.25, 0.3) is 0 Å². The molecule has 0 aliphatic heterocycles. The topological polar surface area (TPSA) is 21.3 Å². The molecule has 0 spiro atoms. The molecular formula is C18H37NO. The van der Waals surface area contributed by atoms with Crippen LogP contribution in [0.1, 0.15) is 72.6 Å². The minimum absolute atomic E-state index is 0.538. The van der Waals surface area contributed by atoms with E-state index >= 15 is 0 Å². The molecule has 0 aromatic rings. The van der Waals surface area contributed by atoms with Crippen molar-refractivity contribution in [1.29, 1.82) is 0 Å². The van der Waals surface area contributed by atoms with Gasteiger partial charge in [0.2, 0.25) is 0 Å². The van der Waals surface area contributed by atoms with E-state index in [0.29, 0.717) is 17.4 Å². The van der Waals surface area contributed by atoms with Gasteiger partial charge < -0.3 is 10.1 Å². The Bertz CT molecular complexity index is 246. The molecule has 1 saturated carbocycles. The molecule has 120 valence electrons. The lowest BCUT2D eigenvalue weighted by molar-refractivity contribution is 0.0934. The Morgan fingerprint density at radius 1 is 1.15 bits per heavy atom. The predicted octanol–water partition coefficient (Wildman–Crippen LogP) is 4.63. The summed E-state index contributed by atoms with van der Waals surface area (Å²) in [5, 5.41) is 3.91. The lowest BCUT2D eigenvalue weighted by Crippen LogP contribution is -2.49. The second-order valence-electron chi connectivity index (χ2n) is 7.36. The number of rotatable bonds is 10. The Kier molecular flexibility index (Phi) is 8.13. The van der Waals surface area contributed by atoms with Crippen molar-refractivity contribution in [2.24, 2.45) is 17.3 Å². The summed E-state index contributed by atoms with van der Waals surface area (Å²) in [7, 11) is 1.82. The van der Waals surface area contributed by atoms with Crippen molar-refractivity contribution in [2.75, 3.05) is 20.3 Å². The van der Waals surface area contributed by atoms with Crippen LogP contribution in [0.5, 0.6) is 0 Å². The van der Waals surface area contributed by atoms with Gasteiger partial charge in [-0.2, -0.15) is 0 Å². The van der Waals surface area contributed by atoms with Crippen molar-refractivity contribution in [3.8, 4) is 0 Å². The molecule has 2 nitrogen and oxygen atoms in total. The second kappa shape index (κ2) is 9.04. The highest BCUT2D eigenvalue weighted by molar-refractivity contribution is 4.97. The Labute approximate surface area is 127 Å². The summed E-state index contributed by atoms with van der Waals surface area (Å²) < 4.78 is 5.32. The van der Waals surface area contributed by atoms with Gasteiger partial charge in [-0.1, -0.05) is 40.5 Å². The van der Waals surface area contributed by atoms with E-state index in [1.54, 1.807) is 0 Å². The van der Waals surface area contributed by atoms with Crippen LogP contribution in [0.3, 0.4) is 0 Å². The minimum atomic E-state index is 0.538. The third-order valence-corrected chi connectivity index (χ3v) is 5.03. The maximum atomic E-state index is 5.32. The van der Waals surface area contributed by atoms with E-state index in [1.807, 2.05) is 7.11 Å². The van der Waals surface area contributed by atoms with Crippen molar-refractivity contribution >= 4 is 0 Å². The SMILES string of the molecule is CCCNC(C(C)CCOC)C1(CC(C)C)CCCC1. The molecule has 2 heteroatoms. The molecule has 1 aliphatic carbocycles. The van der Waals surface area contributed by atoms with E-state index in [1.165, 1.54) is 44.9 Å². The van der Waals surface area contributed by atoms with Crippen LogP contribution in [0, 0.1) is 17.3 Å². The average molecular weight is 284 g/mol. The minimum Gasteiger partial charge on any atom is -0.385 e. The smallest absolute Gasteiger partial charge is 0.0465 e. The molecule has 2 atom stereocenters. The summed E-state index contributed by atoms with van der Waals surface area (Å²) in [5.41, 5.74) is 0.538. The van der Waals surface area contributed by atoms with Gasteiger partial charge in [0.15, 0.2) is 0 Å². The summed E-state index contributed by atoms with van der Waals surface area (Å²) in [6.07, 6.45) is 9.48. The zero-order chi connectivity index (χ0) is 15.0. The Balaban J connectivity index is 2.80. The summed E-state index contributed by atoms with van der Waals surface area (Å²) in [6, 6.07) is 0.669. The van der Waals surface area contributed by atoms with Gasteiger partial charge in [-0.15, -0.1) is 0 Å². The molecule has 0 saturated heterocycles. The van der Waals surface area contributed by atoms with Crippen LogP contribution in [0.2, 0.25) is 0 Å². The summed E-state index contributed by atoms with van der Waals surface area (Å²) in [4.78, 5) is 0. The molecule has 20 heavy (non-hydrogen) atoms. The van der Waals surface area contributed by atoms with Gasteiger partial charge in [-0.25, -0.2) is 0 Å². The van der Waals surface area contributed by atoms with Crippen molar-refractivity contribution in [2.45, 2.75) is 78.7 Å². The van der Waals surface area contributed by atoms with Gasteiger partial charge in [0.05, 0.1) is 0 Å². The van der Waals surface area contributed by atoms with Crippen LogP contribution in [0.4, 0.5) is 0 Å². The maximum Gasteiger partial charge on any atom is 0.0465 e. The number of ether oxygens (including phenoxy) is 1. The normalized spacial score (nSPS) is 21.3. The summed E-state index contributed by atoms with van der Waals surface area (Å²) in [5.74, 6) is 1.51. The summed E-state index contributed by atoms with van der Waals surface area (Å²) >= 11 is 0. The fraction of sp³-hybridized carbons (Fsp3) is 1.00. The zero-order valence-electron chi connectivity index (χ0n) is 14.5. The molecule has 0 heterocycles. The third kappa shape index (κ3) is 5.04. The van der Waals surface area contributed by atoms with E-state index < -0.39 is 0 Å². The van der Waals surface area contributed by atoms with Gasteiger partial charge in [-0.05, 0) is 55.9 Å². The van der Waals surface area contributed by atoms with Crippen LogP contribution >= 0.6 is 0 Å². The average Bonchev–Trinajstić information content (AvgIpc) is 2.85. The molecule has 1 N–H and O–H groups in total. The van der Waals surface area contributed by atoms with E-state index in [0.717, 1.165) is 19.1 Å². The molecule has 1 fully saturated rings. The Morgan fingerprint density at radius 2 is 1.80 bits per heavy atom. The standard InChI is InChI=1S/C18H37NO/c1-6-12-19-17(16(4)9-13-20-5)18(14-15(2)3)10-7-8-11-18/h15-17,19H,6-14H2,1-5H3. The van der Waals surface area contributed by atoms with Gasteiger partial charge in [0.25, 0.3) is 0 Å². The Morgan fingerprint density at radius 3 is 2.30 bits per heavy atom. The first kappa shape index (κ1) is 18.0. The molecule has 0 aromatic carbocycles. The van der Waals surface area contributed by atoms with Gasteiger partial charge in [0, 0.05) is 19.8 Å². The molecule has 0 radical (unpaired) electrons. The van der Waals surface area contributed by atoms with Gasteiger partial charge >= 0.3 is 0 Å². The van der Waals surface area contributed by atoms with Crippen molar-refractivity contribution in [3.05, 3.63) is 0 Å². The molecular weight excluding hydrogens is 246 g/mol. The largest absolute Gasteiger partial charge is 0.385 e. The van der Waals surface area contributed by atoms with Gasteiger partial charge in [-0.3, -0.25) is 0 Å². The first-order valence-corrected chi connectivity index (χ1v) is 8.78. The molecule has 1 rings (SSSR count). The van der Waals surface area contributed by atoms with Crippen molar-refractivity contribution in [3.63, 3.8) is 0 Å². The quantitative estimate of drug-likeness (QED) is 0.631. The lowest BCUT2D eigenvalue weighted by atomic mass is 9.68. The fourth-order valence-corrected chi connectivity index (χ4v) is 4.33. The van der Waals surface area contributed by atoms with Gasteiger partial charge in [0.1, 0.15) is 0 Å². The molecule has 2 unspecified atom stereocenters. The summed E-state index contributed by atoms with van der Waals surface area (Å²) in [6.45, 7) is 11.5. The molecule has 0 amide bonds. The number of methoxy groups -OCH3 is 1. The first-order chi connectivity index (χ1) is 9.55. The number of hydrogen-bond acceptors (Lipinski definition) is 2. The van der Waals surface area contributed by atoms with E-state index in [2.05, 4.69) is 33.0 Å². The van der Waals surface area contributed by atoms with Crippen LogP contribution in [0.15, 0.2) is 0 Å². The molecule has 0 bridgehead atoms. The molecule has 1 aliphatic rings. The first-order valence-electron chi connectivity index (χ1n) is 8.78. The number of hydrogen-bond donors (Lipinski definition) is 1. The highest BCUT2D eigenvalue weighted by Gasteiger charge is 2.43. The highest BCUT2D eigenvalue weighted by atomic mass is 16.5. The molecule has 0 aromatic heterocycles. The third-order valence-electron chi connectivity index (χ3n) is 5.03. The fourth-order valence-electron chi connectivity index (χ4n) is 4.33. The number of nitrogens with one attached hydrogen (secondary N) is 1. The predicted molar refractivity (Wildman–Crippen MR) is 88.1 cm³/mol. The second-order valence-corrected chi connectivity index (χ2v) is 7.36. The van der Waals surface area contributed by atoms with Crippen LogP contribution < -0.4 is 5.32 Å². The monoisotopic (exact) mass is 283 g/mol. The zero-order valence-corrected chi connectivity index (χ0v) is 14.5. The van der Waals surface area contributed by atoms with Crippen molar-refractivity contribution < 1.29 is 4.74 Å². The maximum absolute atomic E-state index is 5.32. The Hall–Kier alpha value is -0.0800. The van der Waals surface area contributed by atoms with E-state index in [-0.39, 0.29) is 0 Å². The van der Waals surface area contributed by atoms with Crippen LogP contribution in [-0.2, 0) is 4.74 Å². The highest BCUT2D eigenvalue weighted by Crippen LogP contribution is 2.48. The van der Waals surface area contributed by atoms with E-state index in [4.69, 9.17) is 4.74 Å². The van der Waals surface area contributed by atoms with E-state index in [9.17, 15) is 0 Å². The van der Waals surface area contributed by atoms with Crippen LogP contribution in [-0.4, -0.2) is 26.3 Å².